The minimum absolute atomic E-state index is 0.0452. The zero-order chi connectivity index (χ0) is 24.7. The summed E-state index contributed by atoms with van der Waals surface area (Å²) in [6.07, 6.45) is 9.84. The van der Waals surface area contributed by atoms with Crippen LogP contribution in [0.3, 0.4) is 0 Å². The minimum atomic E-state index is -0.0452. The van der Waals surface area contributed by atoms with Gasteiger partial charge in [0.2, 0.25) is 11.8 Å². The van der Waals surface area contributed by atoms with Gasteiger partial charge in [0.1, 0.15) is 5.03 Å². The van der Waals surface area contributed by atoms with Crippen LogP contribution in [0.4, 0.5) is 4.79 Å². The quantitative estimate of drug-likeness (QED) is 0.136. The molecule has 0 spiro atoms. The van der Waals surface area contributed by atoms with Gasteiger partial charge in [-0.1, -0.05) is 36.1 Å². The molecule has 0 radical (unpaired) electrons. The number of thioether (sulfide) groups is 1. The lowest BCUT2D eigenvalue weighted by atomic mass is 10.0. The number of aromatic nitrogens is 1. The highest BCUT2D eigenvalue weighted by Gasteiger charge is 2.42. The molecular formula is C24H37N5O3S3. The molecule has 0 aliphatic carbocycles. The van der Waals surface area contributed by atoms with Crippen LogP contribution in [-0.2, 0) is 9.59 Å². The number of hydrogen-bond acceptors (Lipinski definition) is 7. The van der Waals surface area contributed by atoms with Crippen molar-refractivity contribution in [2.75, 3.05) is 24.6 Å². The highest BCUT2D eigenvalue weighted by Crippen LogP contribution is 2.33. The number of carbonyl (C=O) groups excluding carboxylic acids is 3. The number of fused-ring (bicyclic) bond motifs is 1. The number of nitrogens with one attached hydrogen (secondary N) is 4. The molecule has 3 rings (SSSR count). The van der Waals surface area contributed by atoms with Crippen molar-refractivity contribution in [3.05, 3.63) is 24.4 Å². The molecule has 35 heavy (non-hydrogen) atoms. The summed E-state index contributed by atoms with van der Waals surface area (Å²) < 4.78 is 0. The van der Waals surface area contributed by atoms with Gasteiger partial charge < -0.3 is 21.3 Å². The molecule has 194 valence electrons. The summed E-state index contributed by atoms with van der Waals surface area (Å²) in [5.74, 6) is 1.97. The normalized spacial score (nSPS) is 20.7. The minimum Gasteiger partial charge on any atom is -0.356 e. The second-order valence-corrected chi connectivity index (χ2v) is 12.5. The summed E-state index contributed by atoms with van der Waals surface area (Å²) >= 11 is 1.92. The number of nitrogens with zero attached hydrogens (tertiary/aromatic N) is 1. The third-order valence-corrected chi connectivity index (χ3v) is 9.80. The third kappa shape index (κ3) is 10.9. The van der Waals surface area contributed by atoms with Crippen molar-refractivity contribution in [2.45, 2.75) is 80.1 Å². The van der Waals surface area contributed by atoms with Crippen LogP contribution in [0.5, 0.6) is 0 Å². The highest BCUT2D eigenvalue weighted by atomic mass is 33.1. The first-order valence-electron chi connectivity index (χ1n) is 12.5. The Morgan fingerprint density at radius 1 is 1.00 bits per heavy atom. The first-order chi connectivity index (χ1) is 17.1. The Balaban J connectivity index is 1.06. The highest BCUT2D eigenvalue weighted by molar-refractivity contribution is 8.76. The lowest BCUT2D eigenvalue weighted by Crippen LogP contribution is -2.36. The van der Waals surface area contributed by atoms with Crippen LogP contribution in [0.15, 0.2) is 29.4 Å². The van der Waals surface area contributed by atoms with Crippen molar-refractivity contribution in [3.8, 4) is 0 Å². The van der Waals surface area contributed by atoms with E-state index < -0.39 is 0 Å². The van der Waals surface area contributed by atoms with Crippen LogP contribution in [-0.4, -0.2) is 64.8 Å². The number of rotatable bonds is 17. The van der Waals surface area contributed by atoms with Crippen LogP contribution in [0.25, 0.3) is 0 Å². The van der Waals surface area contributed by atoms with E-state index in [0.29, 0.717) is 24.6 Å². The van der Waals surface area contributed by atoms with E-state index in [1.165, 1.54) is 0 Å². The molecule has 2 fully saturated rings. The molecule has 0 saturated carbocycles. The van der Waals surface area contributed by atoms with Crippen LogP contribution < -0.4 is 21.3 Å². The second kappa shape index (κ2) is 16.2. The molecule has 0 aromatic carbocycles. The molecule has 0 bridgehead atoms. The summed E-state index contributed by atoms with van der Waals surface area (Å²) in [5, 5.41) is 13.4. The molecule has 4 N–H and O–H groups in total. The molecule has 3 heterocycles. The van der Waals surface area contributed by atoms with Gasteiger partial charge in [-0.2, -0.15) is 11.8 Å². The smallest absolute Gasteiger partial charge is 0.315 e. The van der Waals surface area contributed by atoms with E-state index in [1.807, 2.05) is 30.0 Å². The number of amides is 4. The number of unbranched alkanes of at least 4 members (excludes halogenated alkanes) is 4. The van der Waals surface area contributed by atoms with E-state index in [9.17, 15) is 14.4 Å². The maximum absolute atomic E-state index is 12.0. The van der Waals surface area contributed by atoms with Crippen LogP contribution in [0.2, 0.25) is 0 Å². The average molecular weight is 540 g/mol. The fourth-order valence-corrected chi connectivity index (χ4v) is 7.56. The molecule has 2 aliphatic heterocycles. The molecule has 3 atom stereocenters. The summed E-state index contributed by atoms with van der Waals surface area (Å²) in [7, 11) is 3.24. The Bertz CT molecular complexity index is 802. The molecular weight excluding hydrogens is 502 g/mol. The Morgan fingerprint density at radius 3 is 2.51 bits per heavy atom. The molecule has 11 heteroatoms. The molecule has 1 aromatic rings. The fraction of sp³-hybridized carbons (Fsp3) is 0.667. The van der Waals surface area contributed by atoms with Crippen LogP contribution >= 0.6 is 33.3 Å². The lowest BCUT2D eigenvalue weighted by Gasteiger charge is -2.16. The Hall–Kier alpha value is -1.59. The lowest BCUT2D eigenvalue weighted by molar-refractivity contribution is -0.121. The van der Waals surface area contributed by atoms with Crippen molar-refractivity contribution in [3.63, 3.8) is 0 Å². The second-order valence-electron chi connectivity index (χ2n) is 8.81. The molecule has 2 saturated heterocycles. The summed E-state index contributed by atoms with van der Waals surface area (Å²) in [4.78, 5) is 39.6. The summed E-state index contributed by atoms with van der Waals surface area (Å²) in [5.41, 5.74) is 0. The monoisotopic (exact) mass is 539 g/mol. The fourth-order valence-electron chi connectivity index (χ4n) is 4.14. The zero-order valence-electron chi connectivity index (χ0n) is 20.1. The van der Waals surface area contributed by atoms with Gasteiger partial charge in [0.15, 0.2) is 0 Å². The van der Waals surface area contributed by atoms with Crippen LogP contribution in [0.1, 0.15) is 57.8 Å². The maximum Gasteiger partial charge on any atom is 0.315 e. The first-order valence-corrected chi connectivity index (χ1v) is 15.9. The number of carbonyl (C=O) groups is 3. The van der Waals surface area contributed by atoms with Gasteiger partial charge in [0.25, 0.3) is 0 Å². The number of hydrogen-bond donors (Lipinski definition) is 4. The van der Waals surface area contributed by atoms with Gasteiger partial charge >= 0.3 is 6.03 Å². The van der Waals surface area contributed by atoms with Gasteiger partial charge in [0.05, 0.1) is 12.1 Å². The molecule has 0 unspecified atom stereocenters. The molecule has 4 amide bonds. The topological polar surface area (TPSA) is 112 Å². The van der Waals surface area contributed by atoms with Gasteiger partial charge in [-0.15, -0.1) is 0 Å². The van der Waals surface area contributed by atoms with Gasteiger partial charge in [-0.05, 0) is 48.6 Å². The van der Waals surface area contributed by atoms with Crippen molar-refractivity contribution >= 4 is 51.2 Å². The van der Waals surface area contributed by atoms with E-state index in [2.05, 4.69) is 26.3 Å². The molecule has 2 aliphatic rings. The maximum atomic E-state index is 12.0. The van der Waals surface area contributed by atoms with Crippen LogP contribution in [0, 0.1) is 0 Å². The van der Waals surface area contributed by atoms with E-state index >= 15 is 0 Å². The van der Waals surface area contributed by atoms with E-state index in [0.717, 1.165) is 68.0 Å². The van der Waals surface area contributed by atoms with E-state index in [4.69, 9.17) is 0 Å². The van der Waals surface area contributed by atoms with Gasteiger partial charge in [0, 0.05) is 48.9 Å². The predicted molar refractivity (Wildman–Crippen MR) is 146 cm³/mol. The predicted octanol–water partition coefficient (Wildman–Crippen LogP) is 3.73. The zero-order valence-corrected chi connectivity index (χ0v) is 22.6. The van der Waals surface area contributed by atoms with Crippen molar-refractivity contribution in [1.29, 1.82) is 0 Å². The average Bonchev–Trinajstić information content (AvgIpc) is 3.41. The SMILES string of the molecule is O=C(CCCC[C@@H]1SC[C@H]2NC(=O)N[C@H]12)NCCCCCCNC(=O)CCSSc1ccccn1. The van der Waals surface area contributed by atoms with Crippen molar-refractivity contribution in [2.24, 2.45) is 0 Å². The van der Waals surface area contributed by atoms with Gasteiger partial charge in [-0.25, -0.2) is 9.78 Å². The van der Waals surface area contributed by atoms with E-state index in [1.54, 1.807) is 27.8 Å². The molecule has 8 nitrogen and oxygen atoms in total. The summed E-state index contributed by atoms with van der Waals surface area (Å²) in [6.45, 7) is 1.43. The number of urea groups is 1. The Labute approximate surface area is 220 Å². The van der Waals surface area contributed by atoms with Crippen molar-refractivity contribution < 1.29 is 14.4 Å². The Morgan fingerprint density at radius 2 is 1.77 bits per heavy atom. The third-order valence-electron chi connectivity index (χ3n) is 6.02. The Kier molecular flexibility index (Phi) is 13.0. The largest absolute Gasteiger partial charge is 0.356 e. The molecule has 1 aromatic heterocycles. The standard InChI is InChI=1S/C24H37N5O3S3/c30-20(10-4-3-9-19-23-18(17-33-19)28-24(32)29-23)25-13-6-1-2-7-14-26-21(31)12-16-34-35-22-11-5-8-15-27-22/h5,8,11,15,18-19,23H,1-4,6-7,9-10,12-14,16-17H2,(H,25,30)(H,26,31)(H2,28,29,32)/t18-,19+,23+/m1/s1. The number of pyridine rings is 1. The first kappa shape index (κ1) is 28.0. The van der Waals surface area contributed by atoms with Gasteiger partial charge in [-0.3, -0.25) is 9.59 Å². The van der Waals surface area contributed by atoms with E-state index in [-0.39, 0.29) is 29.9 Å². The summed E-state index contributed by atoms with van der Waals surface area (Å²) in [6, 6.07) is 6.28. The van der Waals surface area contributed by atoms with Crippen molar-refractivity contribution in [1.82, 2.24) is 26.3 Å².